The predicted octanol–water partition coefficient (Wildman–Crippen LogP) is 1.37. The van der Waals surface area contributed by atoms with Gasteiger partial charge in [-0.05, 0) is 31.5 Å². The van der Waals surface area contributed by atoms with Crippen LogP contribution in [0.4, 0.5) is 0 Å². The standard InChI is InChI=1S/C18H17N5O3/c1-10-19-15-9-23(7-6-12(15)17(25)20-10)18(26)14-8-13(21-22-14)11-4-2-3-5-16(11)24/h2-5,8,24H,6-7,9H2,1H3,(H,21,22)(H,19,20,25). The van der Waals surface area contributed by atoms with Crippen LogP contribution in [0.3, 0.4) is 0 Å². The lowest BCUT2D eigenvalue weighted by atomic mass is 10.1. The second-order valence-corrected chi connectivity index (χ2v) is 6.24. The van der Waals surface area contributed by atoms with E-state index >= 15 is 0 Å². The summed E-state index contributed by atoms with van der Waals surface area (Å²) in [6, 6.07) is 8.43. The van der Waals surface area contributed by atoms with Gasteiger partial charge in [0, 0.05) is 17.7 Å². The van der Waals surface area contributed by atoms with E-state index in [1.165, 1.54) is 0 Å². The molecule has 0 saturated heterocycles. The first-order valence-corrected chi connectivity index (χ1v) is 8.24. The number of para-hydroxylation sites is 1. The highest BCUT2D eigenvalue weighted by atomic mass is 16.3. The van der Waals surface area contributed by atoms with E-state index in [0.717, 1.165) is 0 Å². The molecular weight excluding hydrogens is 334 g/mol. The largest absolute Gasteiger partial charge is 0.507 e. The fourth-order valence-electron chi connectivity index (χ4n) is 3.17. The molecule has 8 nitrogen and oxygen atoms in total. The van der Waals surface area contributed by atoms with Crippen LogP contribution in [-0.4, -0.2) is 42.6 Å². The molecule has 0 saturated carbocycles. The van der Waals surface area contributed by atoms with Crippen molar-refractivity contribution < 1.29 is 9.90 Å². The molecule has 0 spiro atoms. The van der Waals surface area contributed by atoms with Crippen molar-refractivity contribution in [2.75, 3.05) is 6.54 Å². The molecule has 0 radical (unpaired) electrons. The number of aryl methyl sites for hydroxylation is 1. The summed E-state index contributed by atoms with van der Waals surface area (Å²) in [4.78, 5) is 33.5. The fourth-order valence-corrected chi connectivity index (χ4v) is 3.17. The number of nitrogens with one attached hydrogen (secondary N) is 2. The van der Waals surface area contributed by atoms with E-state index in [4.69, 9.17) is 0 Å². The highest BCUT2D eigenvalue weighted by Crippen LogP contribution is 2.27. The molecule has 0 bridgehead atoms. The molecule has 1 aliphatic rings. The Morgan fingerprint density at radius 1 is 1.31 bits per heavy atom. The SMILES string of the molecule is Cc1nc2c(c(=O)[nH]1)CCN(C(=O)c1cc(-c3ccccc3O)n[nH]1)C2. The van der Waals surface area contributed by atoms with E-state index in [1.54, 1.807) is 42.2 Å². The maximum atomic E-state index is 12.8. The van der Waals surface area contributed by atoms with Gasteiger partial charge in [0.1, 0.15) is 17.3 Å². The predicted molar refractivity (Wildman–Crippen MR) is 93.7 cm³/mol. The van der Waals surface area contributed by atoms with Crippen molar-refractivity contribution >= 4 is 5.91 Å². The van der Waals surface area contributed by atoms with Gasteiger partial charge in [-0.25, -0.2) is 4.98 Å². The highest BCUT2D eigenvalue weighted by molar-refractivity contribution is 5.93. The summed E-state index contributed by atoms with van der Waals surface area (Å²) in [7, 11) is 0. The van der Waals surface area contributed by atoms with Gasteiger partial charge in [-0.3, -0.25) is 14.7 Å². The van der Waals surface area contributed by atoms with Gasteiger partial charge in [0.2, 0.25) is 0 Å². The Hall–Kier alpha value is -3.42. The van der Waals surface area contributed by atoms with Gasteiger partial charge in [-0.2, -0.15) is 5.10 Å². The maximum absolute atomic E-state index is 12.8. The van der Waals surface area contributed by atoms with Crippen LogP contribution in [-0.2, 0) is 13.0 Å². The molecule has 8 heteroatoms. The van der Waals surface area contributed by atoms with Crippen LogP contribution < -0.4 is 5.56 Å². The van der Waals surface area contributed by atoms with Crippen molar-refractivity contribution in [2.24, 2.45) is 0 Å². The van der Waals surface area contributed by atoms with Crippen LogP contribution in [0.1, 0.15) is 27.6 Å². The monoisotopic (exact) mass is 351 g/mol. The van der Waals surface area contributed by atoms with Gasteiger partial charge in [-0.1, -0.05) is 12.1 Å². The summed E-state index contributed by atoms with van der Waals surface area (Å²) in [6.45, 7) is 2.43. The van der Waals surface area contributed by atoms with E-state index in [9.17, 15) is 14.7 Å². The summed E-state index contributed by atoms with van der Waals surface area (Å²) in [6.07, 6.45) is 0.462. The third kappa shape index (κ3) is 2.75. The first-order chi connectivity index (χ1) is 12.5. The highest BCUT2D eigenvalue weighted by Gasteiger charge is 2.26. The number of benzene rings is 1. The molecule has 0 unspecified atom stereocenters. The molecule has 3 aromatic rings. The Balaban J connectivity index is 1.59. The van der Waals surface area contributed by atoms with Gasteiger partial charge in [-0.15, -0.1) is 0 Å². The second kappa shape index (κ2) is 6.14. The second-order valence-electron chi connectivity index (χ2n) is 6.24. The fraction of sp³-hybridized carbons (Fsp3) is 0.222. The Labute approximate surface area is 148 Å². The van der Waals surface area contributed by atoms with Gasteiger partial charge in [0.25, 0.3) is 11.5 Å². The minimum Gasteiger partial charge on any atom is -0.507 e. The van der Waals surface area contributed by atoms with Crippen LogP contribution in [0.15, 0.2) is 35.1 Å². The van der Waals surface area contributed by atoms with E-state index in [-0.39, 0.29) is 23.8 Å². The number of amides is 1. The zero-order chi connectivity index (χ0) is 18.3. The number of aromatic nitrogens is 4. The number of hydrogen-bond acceptors (Lipinski definition) is 5. The van der Waals surface area contributed by atoms with Crippen molar-refractivity contribution in [1.29, 1.82) is 0 Å². The molecule has 3 heterocycles. The molecule has 26 heavy (non-hydrogen) atoms. The van der Waals surface area contributed by atoms with Crippen LogP contribution in [0.5, 0.6) is 5.75 Å². The first-order valence-electron chi connectivity index (χ1n) is 8.24. The molecule has 3 N–H and O–H groups in total. The van der Waals surface area contributed by atoms with Gasteiger partial charge in [0.15, 0.2) is 0 Å². The number of phenols is 1. The Bertz CT molecular complexity index is 1050. The third-order valence-corrected chi connectivity index (χ3v) is 4.47. The van der Waals surface area contributed by atoms with Crippen molar-refractivity contribution in [3.8, 4) is 17.0 Å². The summed E-state index contributed by atoms with van der Waals surface area (Å²) in [5, 5.41) is 16.8. The Morgan fingerprint density at radius 3 is 2.92 bits per heavy atom. The van der Waals surface area contributed by atoms with Crippen LogP contribution in [0, 0.1) is 6.92 Å². The summed E-state index contributed by atoms with van der Waals surface area (Å²) in [5.41, 5.74) is 2.51. The first kappa shape index (κ1) is 16.1. The lowest BCUT2D eigenvalue weighted by molar-refractivity contribution is 0.0725. The molecule has 0 aliphatic carbocycles. The van der Waals surface area contributed by atoms with E-state index in [1.807, 2.05) is 0 Å². The van der Waals surface area contributed by atoms with Crippen molar-refractivity contribution in [3.63, 3.8) is 0 Å². The normalized spacial score (nSPS) is 13.5. The number of aromatic hydroxyl groups is 1. The third-order valence-electron chi connectivity index (χ3n) is 4.47. The number of rotatable bonds is 2. The van der Waals surface area contributed by atoms with Gasteiger partial charge < -0.3 is 15.0 Å². The van der Waals surface area contributed by atoms with Gasteiger partial charge >= 0.3 is 0 Å². The maximum Gasteiger partial charge on any atom is 0.272 e. The lowest BCUT2D eigenvalue weighted by Crippen LogP contribution is -2.39. The number of phenolic OH excluding ortho intramolecular Hbond substituents is 1. The number of nitrogens with zero attached hydrogens (tertiary/aromatic N) is 3. The molecule has 0 atom stereocenters. The molecule has 4 rings (SSSR count). The summed E-state index contributed by atoms with van der Waals surface area (Å²) < 4.78 is 0. The average Bonchev–Trinajstić information content (AvgIpc) is 3.10. The topological polar surface area (TPSA) is 115 Å². The van der Waals surface area contributed by atoms with Gasteiger partial charge in [0.05, 0.1) is 17.9 Å². The average molecular weight is 351 g/mol. The smallest absolute Gasteiger partial charge is 0.272 e. The molecule has 0 fully saturated rings. The quantitative estimate of drug-likeness (QED) is 0.645. The van der Waals surface area contributed by atoms with E-state index in [0.29, 0.717) is 47.0 Å². The zero-order valence-corrected chi connectivity index (χ0v) is 14.1. The minimum absolute atomic E-state index is 0.101. The van der Waals surface area contributed by atoms with Crippen LogP contribution in [0.25, 0.3) is 11.3 Å². The van der Waals surface area contributed by atoms with Crippen molar-refractivity contribution in [3.05, 3.63) is 63.5 Å². The van der Waals surface area contributed by atoms with Crippen LogP contribution >= 0.6 is 0 Å². The number of aromatic amines is 2. The number of fused-ring (bicyclic) bond motifs is 1. The van der Waals surface area contributed by atoms with Crippen LogP contribution in [0.2, 0.25) is 0 Å². The molecule has 132 valence electrons. The molecule has 1 aliphatic heterocycles. The number of hydrogen-bond donors (Lipinski definition) is 3. The summed E-state index contributed by atoms with van der Waals surface area (Å²) in [5.74, 6) is 0.416. The number of carbonyl (C=O) groups excluding carboxylic acids is 1. The van der Waals surface area contributed by atoms with E-state index in [2.05, 4.69) is 20.2 Å². The molecule has 1 amide bonds. The number of carbonyl (C=O) groups is 1. The van der Waals surface area contributed by atoms with Crippen molar-refractivity contribution in [2.45, 2.75) is 19.9 Å². The molecule has 2 aromatic heterocycles. The number of H-pyrrole nitrogens is 2. The van der Waals surface area contributed by atoms with Crippen molar-refractivity contribution in [1.82, 2.24) is 25.1 Å². The lowest BCUT2D eigenvalue weighted by Gasteiger charge is -2.27. The Morgan fingerprint density at radius 2 is 2.12 bits per heavy atom. The molecular formula is C18H17N5O3. The molecule has 1 aromatic carbocycles. The minimum atomic E-state index is -0.218. The zero-order valence-electron chi connectivity index (χ0n) is 14.1. The summed E-state index contributed by atoms with van der Waals surface area (Å²) >= 11 is 0. The van der Waals surface area contributed by atoms with E-state index < -0.39 is 0 Å². The Kier molecular flexibility index (Phi) is 3.80.